The van der Waals surface area contributed by atoms with Crippen LogP contribution in [0.5, 0.6) is 0 Å². The molecule has 0 aliphatic rings. The summed E-state index contributed by atoms with van der Waals surface area (Å²) in [6.07, 6.45) is 1.82. The van der Waals surface area contributed by atoms with Crippen molar-refractivity contribution in [3.8, 4) is 0 Å². The highest BCUT2D eigenvalue weighted by molar-refractivity contribution is 8.30. The first kappa shape index (κ1) is 38.3. The van der Waals surface area contributed by atoms with Crippen molar-refractivity contribution in [1.29, 1.82) is 0 Å². The van der Waals surface area contributed by atoms with Crippen LogP contribution in [0.15, 0.2) is 9.98 Å². The monoisotopic (exact) mass is 711 g/mol. The molecule has 0 fully saturated rings. The van der Waals surface area contributed by atoms with Gasteiger partial charge in [0.25, 0.3) is 5.24 Å². The molecule has 8 nitrogen and oxygen atoms in total. The van der Waals surface area contributed by atoms with Crippen LogP contribution in [0.2, 0.25) is 0 Å². The van der Waals surface area contributed by atoms with Gasteiger partial charge in [-0.3, -0.25) is 4.79 Å². The SMILES string of the molecule is O=C(NCSCSCSCSC/N=C/OOCCCO)SCSCSCSCSC[S+]([O-])/C=N/CS. The molecule has 2 N–H and O–H groups in total. The molecule has 0 aromatic rings. The molecule has 0 aromatic heterocycles. The summed E-state index contributed by atoms with van der Waals surface area (Å²) in [6, 6.07) is 0. The number of hydrogen-bond donors (Lipinski definition) is 3. The molecule has 0 spiro atoms. The Balaban J connectivity index is 3.24. The van der Waals surface area contributed by atoms with E-state index in [-0.39, 0.29) is 11.8 Å². The van der Waals surface area contributed by atoms with E-state index in [1.54, 1.807) is 47.0 Å². The fourth-order valence-electron chi connectivity index (χ4n) is 1.44. The van der Waals surface area contributed by atoms with Gasteiger partial charge in [0, 0.05) is 53.4 Å². The van der Waals surface area contributed by atoms with Crippen molar-refractivity contribution in [2.75, 3.05) is 71.5 Å². The second-order valence-corrected chi connectivity index (χ2v) is 18.8. The van der Waals surface area contributed by atoms with Gasteiger partial charge in [-0.1, -0.05) is 23.5 Å². The molecular formula is C17H33N3O5S11. The lowest BCUT2D eigenvalue weighted by molar-refractivity contribution is -0.217. The van der Waals surface area contributed by atoms with Gasteiger partial charge in [-0.05, 0) is 6.42 Å². The molecule has 0 aliphatic carbocycles. The highest BCUT2D eigenvalue weighted by Crippen LogP contribution is 2.24. The Hall–Kier alpha value is 2.34. The summed E-state index contributed by atoms with van der Waals surface area (Å²) >= 11 is 18.4. The van der Waals surface area contributed by atoms with Crippen LogP contribution in [0.3, 0.4) is 0 Å². The van der Waals surface area contributed by atoms with E-state index in [9.17, 15) is 9.35 Å². The average molecular weight is 712 g/mol. The number of carbonyl (C=O) groups excluding carboxylic acids is 1. The molecule has 1 atom stereocenters. The fourth-order valence-corrected chi connectivity index (χ4v) is 13.0. The van der Waals surface area contributed by atoms with E-state index in [0.29, 0.717) is 35.7 Å². The number of thioether (sulfide) groups is 9. The molecule has 0 saturated carbocycles. The molecule has 0 aliphatic heterocycles. The van der Waals surface area contributed by atoms with E-state index in [1.165, 1.54) is 23.7 Å². The van der Waals surface area contributed by atoms with Crippen molar-refractivity contribution < 1.29 is 24.2 Å². The number of nitrogens with zero attached hydrogens (tertiary/aromatic N) is 2. The van der Waals surface area contributed by atoms with Crippen LogP contribution in [0.25, 0.3) is 0 Å². The first-order valence-corrected chi connectivity index (χ1v) is 22.3. The second kappa shape index (κ2) is 33.5. The van der Waals surface area contributed by atoms with Gasteiger partial charge in [0.2, 0.25) is 11.9 Å². The van der Waals surface area contributed by atoms with Gasteiger partial charge in [-0.25, -0.2) is 9.98 Å². The summed E-state index contributed by atoms with van der Waals surface area (Å²) in [5.41, 5.74) is 1.46. The Morgan fingerprint density at radius 1 is 0.944 bits per heavy atom. The maximum Gasteiger partial charge on any atom is 0.280 e. The minimum atomic E-state index is -1.01. The molecule has 36 heavy (non-hydrogen) atoms. The summed E-state index contributed by atoms with van der Waals surface area (Å²) in [7, 11) is 0. The molecule has 0 rings (SSSR count). The smallest absolute Gasteiger partial charge is 0.280 e. The van der Waals surface area contributed by atoms with Gasteiger partial charge in [-0.15, -0.1) is 82.3 Å². The van der Waals surface area contributed by atoms with Gasteiger partial charge in [0.15, 0.2) is 5.08 Å². The number of hydrogen-bond acceptors (Lipinski definition) is 17. The lowest BCUT2D eigenvalue weighted by Crippen LogP contribution is -2.17. The molecule has 1 amide bonds. The quantitative estimate of drug-likeness (QED) is 0.0137. The Morgan fingerprint density at radius 2 is 1.58 bits per heavy atom. The molecule has 0 bridgehead atoms. The summed E-state index contributed by atoms with van der Waals surface area (Å²) in [4.78, 5) is 29.2. The van der Waals surface area contributed by atoms with Crippen molar-refractivity contribution in [2.45, 2.75) is 6.42 Å². The topological polar surface area (TPSA) is 116 Å². The Bertz CT molecular complexity index is 544. The first-order valence-electron chi connectivity index (χ1n) is 10.1. The highest BCUT2D eigenvalue weighted by atomic mass is 32.3. The Morgan fingerprint density at radius 3 is 2.28 bits per heavy atom. The second-order valence-electron chi connectivity index (χ2n) is 5.55. The summed E-state index contributed by atoms with van der Waals surface area (Å²) in [5, 5.41) is 18.6. The molecule has 0 saturated heterocycles. The van der Waals surface area contributed by atoms with Crippen LogP contribution >= 0.6 is 118 Å². The van der Waals surface area contributed by atoms with Crippen LogP contribution in [0, 0.1) is 0 Å². The third kappa shape index (κ3) is 32.6. The zero-order chi connectivity index (χ0) is 26.4. The molecule has 0 aromatic carbocycles. The Kier molecular flexibility index (Phi) is 35.7. The highest BCUT2D eigenvalue weighted by Gasteiger charge is 2.03. The number of thiol groups is 1. The average Bonchev–Trinajstić information content (AvgIpc) is 2.88. The number of aliphatic hydroxyl groups excluding tert-OH is 1. The van der Waals surface area contributed by atoms with Crippen LogP contribution in [0.1, 0.15) is 6.42 Å². The van der Waals surface area contributed by atoms with Crippen molar-refractivity contribution in [3.05, 3.63) is 0 Å². The number of aliphatic hydroxyl groups is 1. The number of nitrogens with one attached hydrogen (secondary N) is 1. The van der Waals surface area contributed by atoms with Crippen molar-refractivity contribution in [2.24, 2.45) is 9.98 Å². The van der Waals surface area contributed by atoms with E-state index in [1.807, 2.05) is 47.0 Å². The van der Waals surface area contributed by atoms with E-state index in [2.05, 4.69) is 27.9 Å². The van der Waals surface area contributed by atoms with Crippen LogP contribution in [-0.4, -0.2) is 98.4 Å². The maximum atomic E-state index is 11.8. The standard InChI is InChI=1S/C17H33N3O5S11/c21-2-1-3-24-25-4-18-6-27-9-29-11-30-10-28-7-20-17(22)35-15-33-13-31-12-32-14-34-16-36(23)8-19-5-26/h4,8,21,26H,1-3,5-7,9-16H2,(H,20,22)/b18-4+,19-8+. The zero-order valence-corrected chi connectivity index (χ0v) is 28.6. The minimum absolute atomic E-state index is 0.0272. The lowest BCUT2D eigenvalue weighted by Gasteiger charge is -2.05. The van der Waals surface area contributed by atoms with E-state index < -0.39 is 11.2 Å². The van der Waals surface area contributed by atoms with Crippen LogP contribution in [-0.2, 0) is 21.0 Å². The summed E-state index contributed by atoms with van der Waals surface area (Å²) in [6.45, 7) is 0.434. The van der Waals surface area contributed by atoms with E-state index in [0.717, 1.165) is 35.6 Å². The van der Waals surface area contributed by atoms with Crippen LogP contribution < -0.4 is 5.32 Å². The number of rotatable bonds is 27. The Labute approximate surface area is 261 Å². The van der Waals surface area contributed by atoms with Gasteiger partial charge in [0.1, 0.15) is 0 Å². The number of aliphatic imine (C=N–C) groups is 2. The zero-order valence-electron chi connectivity index (χ0n) is 19.6. The summed E-state index contributed by atoms with van der Waals surface area (Å²) in [5.74, 6) is 1.62. The summed E-state index contributed by atoms with van der Waals surface area (Å²) < 4.78 is 11.5. The molecule has 19 heteroatoms. The van der Waals surface area contributed by atoms with E-state index in [4.69, 9.17) is 14.9 Å². The normalized spacial score (nSPS) is 12.5. The molecule has 0 radical (unpaired) electrons. The third-order valence-electron chi connectivity index (χ3n) is 2.80. The van der Waals surface area contributed by atoms with Crippen LogP contribution in [0.4, 0.5) is 4.79 Å². The largest absolute Gasteiger partial charge is 0.610 e. The maximum absolute atomic E-state index is 11.8. The van der Waals surface area contributed by atoms with Crippen molar-refractivity contribution in [1.82, 2.24) is 5.32 Å². The van der Waals surface area contributed by atoms with Gasteiger partial charge >= 0.3 is 0 Å². The third-order valence-corrected chi connectivity index (χ3v) is 15.2. The van der Waals surface area contributed by atoms with Gasteiger partial charge in [0.05, 0.1) is 24.2 Å². The fraction of sp³-hybridized carbons (Fsp3) is 0.824. The minimum Gasteiger partial charge on any atom is -0.610 e. The molecule has 212 valence electrons. The van der Waals surface area contributed by atoms with E-state index >= 15 is 0 Å². The predicted octanol–water partition coefficient (Wildman–Crippen LogP) is 5.89. The first-order chi connectivity index (χ1) is 17.7. The number of amides is 1. The van der Waals surface area contributed by atoms with Gasteiger partial charge < -0.3 is 19.9 Å². The molecule has 0 heterocycles. The number of carbonyl (C=O) groups is 1. The van der Waals surface area contributed by atoms with Gasteiger partial charge in [-0.2, -0.15) is 17.5 Å². The lowest BCUT2D eigenvalue weighted by atomic mass is 10.5. The predicted molar refractivity (Wildman–Crippen MR) is 183 cm³/mol. The molecular weight excluding hydrogens is 679 g/mol. The molecule has 1 unspecified atom stereocenters. The van der Waals surface area contributed by atoms with Crippen molar-refractivity contribution in [3.63, 3.8) is 0 Å². The van der Waals surface area contributed by atoms with Crippen molar-refractivity contribution >= 4 is 147 Å².